The molecule has 0 radical (unpaired) electrons. The Morgan fingerprint density at radius 2 is 1.33 bits per heavy atom. The van der Waals surface area contributed by atoms with Crippen LogP contribution < -0.4 is 0 Å². The first-order valence-electron chi connectivity index (χ1n) is 4.82. The number of rotatable bonds is 0. The van der Waals surface area contributed by atoms with Crippen LogP contribution in [0.3, 0.4) is 0 Å². The Labute approximate surface area is 83.2 Å². The first-order chi connectivity index (χ1) is 5.47. The molecule has 1 saturated carbocycles. The molecule has 0 aromatic rings. The van der Waals surface area contributed by atoms with Gasteiger partial charge in [-0.05, 0) is 24.7 Å². The lowest BCUT2D eigenvalue weighted by molar-refractivity contribution is 0.552. The van der Waals surface area contributed by atoms with Gasteiger partial charge in [0.1, 0.15) is 0 Å². The van der Waals surface area contributed by atoms with Gasteiger partial charge in [-0.15, -0.1) is 0 Å². The van der Waals surface area contributed by atoms with Gasteiger partial charge >= 0.3 is 0 Å². The summed E-state index contributed by atoms with van der Waals surface area (Å²) in [5.41, 5.74) is 0. The van der Waals surface area contributed by atoms with E-state index in [-0.39, 0.29) is 13.5 Å². The van der Waals surface area contributed by atoms with Crippen LogP contribution in [0.5, 0.6) is 0 Å². The zero-order valence-corrected chi connectivity index (χ0v) is 9.09. The Kier molecular flexibility index (Phi) is 6.27. The zero-order valence-electron chi connectivity index (χ0n) is 8.09. The Morgan fingerprint density at radius 1 is 0.917 bits per heavy atom. The van der Waals surface area contributed by atoms with Crippen molar-refractivity contribution < 1.29 is 0 Å². The molecule has 2 aliphatic carbocycles. The molecule has 1 fully saturated rings. The van der Waals surface area contributed by atoms with Gasteiger partial charge in [0, 0.05) is 0 Å². The van der Waals surface area contributed by atoms with Gasteiger partial charge in [-0.3, -0.25) is 0 Å². The zero-order chi connectivity index (χ0) is 8.10. The second-order valence-corrected chi connectivity index (χ2v) is 3.03. The Bertz CT molecular complexity index is 140. The fourth-order valence-electron chi connectivity index (χ4n) is 1.91. The standard InChI is InChI=1S/C9H12.C2H6.H2S/c1-2-5-9-7-3-6-8(9)4-1;1-2;/h1-2,4-5,8-9H,3,6-7H2;1-2H3;1H2. The average Bonchev–Trinajstić information content (AvgIpc) is 2.55. The minimum absolute atomic E-state index is 0. The SMILES string of the molecule is C1=CC2CCCC2C=C1.CC.S. The van der Waals surface area contributed by atoms with E-state index < -0.39 is 0 Å². The molecule has 0 spiro atoms. The molecule has 0 saturated heterocycles. The molecular formula is C11H20S. The highest BCUT2D eigenvalue weighted by atomic mass is 32.1. The third kappa shape index (κ3) is 2.71. The maximum atomic E-state index is 2.36. The molecule has 0 aromatic heterocycles. The van der Waals surface area contributed by atoms with E-state index in [9.17, 15) is 0 Å². The van der Waals surface area contributed by atoms with Crippen molar-refractivity contribution in [3.63, 3.8) is 0 Å². The molecule has 12 heavy (non-hydrogen) atoms. The van der Waals surface area contributed by atoms with E-state index in [1.165, 1.54) is 19.3 Å². The van der Waals surface area contributed by atoms with Crippen LogP contribution in [0.2, 0.25) is 0 Å². The largest absolute Gasteiger partial charge is 0.197 e. The van der Waals surface area contributed by atoms with Crippen molar-refractivity contribution in [2.75, 3.05) is 0 Å². The van der Waals surface area contributed by atoms with E-state index >= 15 is 0 Å². The van der Waals surface area contributed by atoms with Gasteiger partial charge < -0.3 is 0 Å². The summed E-state index contributed by atoms with van der Waals surface area (Å²) in [6.45, 7) is 4.00. The van der Waals surface area contributed by atoms with Crippen LogP contribution in [0.15, 0.2) is 24.3 Å². The molecule has 0 aliphatic heterocycles. The topological polar surface area (TPSA) is 0 Å². The third-order valence-corrected chi connectivity index (χ3v) is 2.45. The summed E-state index contributed by atoms with van der Waals surface area (Å²) in [5.74, 6) is 1.80. The molecule has 1 heteroatoms. The first-order valence-corrected chi connectivity index (χ1v) is 4.82. The fourth-order valence-corrected chi connectivity index (χ4v) is 1.91. The van der Waals surface area contributed by atoms with Gasteiger partial charge in [0.2, 0.25) is 0 Å². The Hall–Kier alpha value is -0.170. The first kappa shape index (κ1) is 11.8. The Morgan fingerprint density at radius 3 is 1.75 bits per heavy atom. The predicted octanol–water partition coefficient (Wildman–Crippen LogP) is 3.67. The summed E-state index contributed by atoms with van der Waals surface area (Å²) < 4.78 is 0. The normalized spacial score (nSPS) is 29.8. The molecular weight excluding hydrogens is 164 g/mol. The molecule has 70 valence electrons. The van der Waals surface area contributed by atoms with E-state index in [1.54, 1.807) is 0 Å². The van der Waals surface area contributed by atoms with Crippen molar-refractivity contribution in [2.45, 2.75) is 33.1 Å². The summed E-state index contributed by atoms with van der Waals surface area (Å²) in [6.07, 6.45) is 13.4. The summed E-state index contributed by atoms with van der Waals surface area (Å²) in [4.78, 5) is 0. The van der Waals surface area contributed by atoms with Crippen LogP contribution in [-0.2, 0) is 0 Å². The highest BCUT2D eigenvalue weighted by Gasteiger charge is 2.23. The lowest BCUT2D eigenvalue weighted by atomic mass is 9.92. The average molecular weight is 184 g/mol. The molecule has 2 aliphatic rings. The van der Waals surface area contributed by atoms with E-state index in [4.69, 9.17) is 0 Å². The van der Waals surface area contributed by atoms with Crippen LogP contribution in [0.25, 0.3) is 0 Å². The van der Waals surface area contributed by atoms with E-state index in [0.29, 0.717) is 0 Å². The smallest absolute Gasteiger partial charge is 0.0167 e. The number of allylic oxidation sites excluding steroid dienone is 4. The highest BCUT2D eigenvalue weighted by molar-refractivity contribution is 7.59. The van der Waals surface area contributed by atoms with Crippen LogP contribution >= 0.6 is 13.5 Å². The molecule has 2 rings (SSSR count). The summed E-state index contributed by atoms with van der Waals surface area (Å²) in [6, 6.07) is 0. The molecule has 0 aromatic carbocycles. The maximum Gasteiger partial charge on any atom is -0.0167 e. The van der Waals surface area contributed by atoms with Gasteiger partial charge in [-0.1, -0.05) is 44.6 Å². The second kappa shape index (κ2) is 6.36. The molecule has 0 bridgehead atoms. The van der Waals surface area contributed by atoms with E-state index in [2.05, 4.69) is 24.3 Å². The highest BCUT2D eigenvalue weighted by Crippen LogP contribution is 2.35. The third-order valence-electron chi connectivity index (χ3n) is 2.45. The maximum absolute atomic E-state index is 2.36. The molecule has 2 unspecified atom stereocenters. The summed E-state index contributed by atoms with van der Waals surface area (Å²) in [5, 5.41) is 0. The molecule has 2 atom stereocenters. The van der Waals surface area contributed by atoms with Crippen molar-refractivity contribution in [3.05, 3.63) is 24.3 Å². The van der Waals surface area contributed by atoms with Gasteiger partial charge in [-0.2, -0.15) is 13.5 Å². The van der Waals surface area contributed by atoms with Gasteiger partial charge in [0.25, 0.3) is 0 Å². The molecule has 0 N–H and O–H groups in total. The van der Waals surface area contributed by atoms with E-state index in [1.807, 2.05) is 13.8 Å². The Balaban J connectivity index is 0.000000378. The quantitative estimate of drug-likeness (QED) is 0.539. The van der Waals surface area contributed by atoms with E-state index in [0.717, 1.165) is 11.8 Å². The summed E-state index contributed by atoms with van der Waals surface area (Å²) >= 11 is 0. The van der Waals surface area contributed by atoms with Crippen LogP contribution in [-0.4, -0.2) is 0 Å². The monoisotopic (exact) mass is 184 g/mol. The molecule has 0 nitrogen and oxygen atoms in total. The van der Waals surface area contributed by atoms with Crippen molar-refractivity contribution in [2.24, 2.45) is 11.8 Å². The lowest BCUT2D eigenvalue weighted by Gasteiger charge is -2.13. The van der Waals surface area contributed by atoms with Gasteiger partial charge in [-0.25, -0.2) is 0 Å². The fraction of sp³-hybridized carbons (Fsp3) is 0.636. The predicted molar refractivity (Wildman–Crippen MR) is 60.8 cm³/mol. The number of fused-ring (bicyclic) bond motifs is 1. The van der Waals surface area contributed by atoms with Gasteiger partial charge in [0.05, 0.1) is 0 Å². The minimum Gasteiger partial charge on any atom is -0.197 e. The van der Waals surface area contributed by atoms with Crippen LogP contribution in [0.4, 0.5) is 0 Å². The number of hydrogen-bond donors (Lipinski definition) is 0. The van der Waals surface area contributed by atoms with Crippen molar-refractivity contribution in [1.82, 2.24) is 0 Å². The molecule has 0 heterocycles. The second-order valence-electron chi connectivity index (χ2n) is 3.03. The van der Waals surface area contributed by atoms with Crippen LogP contribution in [0, 0.1) is 11.8 Å². The van der Waals surface area contributed by atoms with Crippen molar-refractivity contribution >= 4 is 13.5 Å². The van der Waals surface area contributed by atoms with Crippen molar-refractivity contribution in [1.29, 1.82) is 0 Å². The van der Waals surface area contributed by atoms with Crippen LogP contribution in [0.1, 0.15) is 33.1 Å². The molecule has 0 amide bonds. The minimum atomic E-state index is 0. The number of hydrogen-bond acceptors (Lipinski definition) is 0. The van der Waals surface area contributed by atoms with Gasteiger partial charge in [0.15, 0.2) is 0 Å². The van der Waals surface area contributed by atoms with Crippen molar-refractivity contribution in [3.8, 4) is 0 Å². The summed E-state index contributed by atoms with van der Waals surface area (Å²) in [7, 11) is 0. The lowest BCUT2D eigenvalue weighted by Crippen LogP contribution is -2.03.